The van der Waals surface area contributed by atoms with E-state index in [1.165, 1.54) is 12.2 Å². The van der Waals surface area contributed by atoms with Gasteiger partial charge in [-0.05, 0) is 128 Å². The molecular formula is C78H132O21. The lowest BCUT2D eigenvalue weighted by Gasteiger charge is -2.38. The largest absolute Gasteiger partial charge is 0.458 e. The molecule has 0 unspecified atom stereocenters. The molecule has 570 valence electrons. The minimum absolute atomic E-state index is 0.0304. The van der Waals surface area contributed by atoms with Crippen molar-refractivity contribution in [2.45, 2.75) is 332 Å². The van der Waals surface area contributed by atoms with Crippen molar-refractivity contribution in [3.05, 3.63) is 72.4 Å². The number of fused-ring (bicyclic) bond motifs is 4. The van der Waals surface area contributed by atoms with Crippen molar-refractivity contribution in [1.29, 1.82) is 0 Å². The Bertz CT molecular complexity index is 2510. The number of ether oxygens (including phenoxy) is 10. The topological polar surface area (TPSA) is 309 Å². The van der Waals surface area contributed by atoms with E-state index in [0.29, 0.717) is 56.9 Å². The number of hydrogen-bond donors (Lipinski definition) is 9. The molecule has 0 radical (unpaired) electrons. The lowest BCUT2D eigenvalue weighted by molar-refractivity contribution is -0.158. The van der Waals surface area contributed by atoms with Crippen molar-refractivity contribution in [3.8, 4) is 0 Å². The molecule has 9 N–H and O–H groups in total. The van der Waals surface area contributed by atoms with Crippen LogP contribution in [0.25, 0.3) is 0 Å². The summed E-state index contributed by atoms with van der Waals surface area (Å²) in [6.45, 7) is 24.5. The molecule has 2 fully saturated rings. The smallest absolute Gasteiger partial charge is 0.331 e. The molecule has 0 aliphatic carbocycles. The Morgan fingerprint density at radius 3 is 1.30 bits per heavy atom. The Labute approximate surface area is 592 Å². The van der Waals surface area contributed by atoms with Crippen LogP contribution < -0.4 is 0 Å². The molecule has 0 aromatic heterocycles. The number of rotatable bonds is 16. The summed E-state index contributed by atoms with van der Waals surface area (Å²) in [6, 6.07) is 0. The molecule has 0 spiro atoms. The van der Waals surface area contributed by atoms with Gasteiger partial charge in [-0.3, -0.25) is 0 Å². The SMILES string of the molecule is C=C1/C=C\C(=O)O[C@H]([C@@H](C)[C@@H](O)[C@@H](C)CC[C@H]2C[C@H](OC)C[C@H](C)O2)[C@@H](C)[C@H](O)C[C@H](O)[C@H](C)[C@@H](OC)C[C@@H]2CC=C[C@@H](C[C@@H](O)C/C=C(/C)C=CC(=O)O[C@H]([C@@H](C)[C@@H](O)[C@@H](C)CC[C@H]3C[C@H](OC)C[C@H](C)O3)[C@@H](C)[C@H](O)C[C@H](O)[C@H](C)[C@@H](OC)C[C@@H]3CC=C[C@@H](C[C@@H](O)C[C@H]1O)O3)O2. The third-order valence-electron chi connectivity index (χ3n) is 22.4. The number of allylic oxidation sites excluding steroid dienone is 2. The highest BCUT2D eigenvalue weighted by molar-refractivity contribution is 5.83. The van der Waals surface area contributed by atoms with E-state index in [1.807, 2.05) is 78.8 Å². The predicted molar refractivity (Wildman–Crippen MR) is 379 cm³/mol. The maximum atomic E-state index is 13.9. The summed E-state index contributed by atoms with van der Waals surface area (Å²) in [6.07, 6.45) is 8.44. The molecule has 0 aromatic carbocycles. The van der Waals surface area contributed by atoms with Crippen molar-refractivity contribution < 1.29 is 103 Å². The number of hydrogen-bond acceptors (Lipinski definition) is 21. The van der Waals surface area contributed by atoms with Gasteiger partial charge in [-0.1, -0.05) is 104 Å². The Morgan fingerprint density at radius 2 is 0.889 bits per heavy atom. The molecule has 99 heavy (non-hydrogen) atoms. The second-order valence-corrected chi connectivity index (χ2v) is 30.5. The van der Waals surface area contributed by atoms with E-state index in [1.54, 1.807) is 62.2 Å². The Balaban J connectivity index is 1.37. The first kappa shape index (κ1) is 86.3. The summed E-state index contributed by atoms with van der Waals surface area (Å²) >= 11 is 0. The second kappa shape index (κ2) is 43.2. The minimum atomic E-state index is -1.27. The minimum Gasteiger partial charge on any atom is -0.458 e. The zero-order valence-corrected chi connectivity index (χ0v) is 62.5. The molecule has 5 rings (SSSR count). The summed E-state index contributed by atoms with van der Waals surface area (Å²) in [5, 5.41) is 106. The Morgan fingerprint density at radius 1 is 0.485 bits per heavy atom. The van der Waals surface area contributed by atoms with Gasteiger partial charge < -0.3 is 93.3 Å². The first-order chi connectivity index (χ1) is 46.8. The van der Waals surface area contributed by atoms with Crippen LogP contribution in [0.4, 0.5) is 0 Å². The molecule has 5 heterocycles. The highest BCUT2D eigenvalue weighted by Crippen LogP contribution is 2.37. The van der Waals surface area contributed by atoms with Crippen molar-refractivity contribution >= 4 is 11.9 Å². The number of carbonyl (C=O) groups excluding carboxylic acids is 2. The third kappa shape index (κ3) is 28.3. The molecular weight excluding hydrogens is 1270 g/mol. The van der Waals surface area contributed by atoms with Gasteiger partial charge in [0, 0.05) is 108 Å². The lowest BCUT2D eigenvalue weighted by atomic mass is 9.78. The van der Waals surface area contributed by atoms with Gasteiger partial charge in [0.15, 0.2) is 0 Å². The van der Waals surface area contributed by atoms with Crippen LogP contribution in [0.1, 0.15) is 192 Å². The summed E-state index contributed by atoms with van der Waals surface area (Å²) in [5.74, 6) is -5.94. The van der Waals surface area contributed by atoms with Crippen LogP contribution in [0.2, 0.25) is 0 Å². The number of aliphatic hydroxyl groups is 9. The van der Waals surface area contributed by atoms with Gasteiger partial charge >= 0.3 is 11.9 Å². The fraction of sp³-hybridized carbons (Fsp3) is 0.821. The highest BCUT2D eigenvalue weighted by atomic mass is 16.6. The van der Waals surface area contributed by atoms with E-state index in [4.69, 9.17) is 47.4 Å². The maximum absolute atomic E-state index is 13.9. The van der Waals surface area contributed by atoms with Crippen LogP contribution in [0, 0.1) is 47.3 Å². The number of aliphatic hydroxyl groups excluding tert-OH is 9. The molecule has 0 aromatic rings. The van der Waals surface area contributed by atoms with Crippen molar-refractivity contribution in [3.63, 3.8) is 0 Å². The summed E-state index contributed by atoms with van der Waals surface area (Å²) in [5.41, 5.74) is 0.810. The van der Waals surface area contributed by atoms with Gasteiger partial charge in [0.2, 0.25) is 0 Å². The van der Waals surface area contributed by atoms with Gasteiger partial charge in [-0.15, -0.1) is 0 Å². The molecule has 21 heteroatoms. The van der Waals surface area contributed by atoms with Crippen LogP contribution in [-0.4, -0.2) is 227 Å². The van der Waals surface area contributed by atoms with Crippen LogP contribution in [0.5, 0.6) is 0 Å². The molecule has 2 saturated heterocycles. The zero-order valence-electron chi connectivity index (χ0n) is 62.5. The second-order valence-electron chi connectivity index (χ2n) is 30.5. The van der Waals surface area contributed by atoms with Crippen molar-refractivity contribution in [2.75, 3.05) is 28.4 Å². The van der Waals surface area contributed by atoms with Crippen LogP contribution in [-0.2, 0) is 57.0 Å². The lowest BCUT2D eigenvalue weighted by Crippen LogP contribution is -2.45. The number of carbonyl (C=O) groups is 2. The third-order valence-corrected chi connectivity index (χ3v) is 22.4. The molecule has 31 atom stereocenters. The van der Waals surface area contributed by atoms with E-state index < -0.39 is 139 Å². The monoisotopic (exact) mass is 1400 g/mol. The molecule has 0 amide bonds. The van der Waals surface area contributed by atoms with Gasteiger partial charge in [0.1, 0.15) is 12.2 Å². The molecule has 5 aliphatic heterocycles. The molecule has 21 nitrogen and oxygen atoms in total. The number of methoxy groups -OCH3 is 4. The molecule has 0 saturated carbocycles. The van der Waals surface area contributed by atoms with E-state index in [2.05, 4.69) is 6.58 Å². The molecule has 5 aliphatic rings. The first-order valence-electron chi connectivity index (χ1n) is 37.2. The molecule has 4 bridgehead atoms. The average molecular weight is 1410 g/mol. The average Bonchev–Trinajstić information content (AvgIpc) is 0.850. The van der Waals surface area contributed by atoms with Gasteiger partial charge in [0.05, 0.1) is 128 Å². The number of esters is 2. The fourth-order valence-electron chi connectivity index (χ4n) is 15.5. The number of cyclic esters (lactones) is 2. The fourth-order valence-corrected chi connectivity index (χ4v) is 15.5. The predicted octanol–water partition coefficient (Wildman–Crippen LogP) is 9.08. The van der Waals surface area contributed by atoms with E-state index in [-0.39, 0.29) is 105 Å². The van der Waals surface area contributed by atoms with E-state index in [9.17, 15) is 55.5 Å². The van der Waals surface area contributed by atoms with Crippen LogP contribution in [0.3, 0.4) is 0 Å². The first-order valence-corrected chi connectivity index (χ1v) is 37.2. The summed E-state index contributed by atoms with van der Waals surface area (Å²) < 4.78 is 61.1. The van der Waals surface area contributed by atoms with Crippen molar-refractivity contribution in [1.82, 2.24) is 0 Å². The van der Waals surface area contributed by atoms with Crippen LogP contribution in [0.15, 0.2) is 72.4 Å². The van der Waals surface area contributed by atoms with Crippen molar-refractivity contribution in [2.24, 2.45) is 47.3 Å². The van der Waals surface area contributed by atoms with Crippen LogP contribution >= 0.6 is 0 Å². The zero-order chi connectivity index (χ0) is 73.4. The van der Waals surface area contributed by atoms with E-state index >= 15 is 0 Å². The van der Waals surface area contributed by atoms with Gasteiger partial charge in [0.25, 0.3) is 0 Å². The van der Waals surface area contributed by atoms with Gasteiger partial charge in [-0.2, -0.15) is 0 Å². The Kier molecular flexibility index (Phi) is 37.7. The quantitative estimate of drug-likeness (QED) is 0.0514. The summed E-state index contributed by atoms with van der Waals surface area (Å²) in [7, 11) is 6.52. The maximum Gasteiger partial charge on any atom is 0.331 e. The van der Waals surface area contributed by atoms with Gasteiger partial charge in [-0.25, -0.2) is 9.59 Å². The standard InChI is InChI=1S/C78H132O21/c1-44-23-28-56(79)35-58-19-17-21-60(96-58)40-71(92-15)50(7)68(83)43-70(85)53(10)78(55(12)76(89)47(4)26-30-63-39-65(91-14)34-49(6)95-63)99-74(87)32-27-45(2)66(81)37-57(80)36-59-20-18-22-61(97-59)41-72(93-16)51(8)67(82)42-69(84)52(9)77(98-73(86)31-24-44)54(11)75(88)46(3)25-29-62-38-64(90-13)33-48(5)94-62/h17-20,23-24,27,31-32,46-72,75-85,88-89H,2,21-22,25-26,28-30,33-43H2,1,3-16H3/b31-24?,32-27-,44-23-/t46-,47-,48-,49-,50-,51-,52-,53-,54-,55-,56-,57+,58-,59-,60-,61-,62-,63-,64+,65+,66+,67-,68-,69+,70+,71-,72-,75-,76-,77-,78-/m0/s1. The normalized spacial score (nSPS) is 40.7. The Hall–Kier alpha value is -3.30. The highest BCUT2D eigenvalue weighted by Gasteiger charge is 2.43. The van der Waals surface area contributed by atoms with E-state index in [0.717, 1.165) is 31.8 Å². The summed E-state index contributed by atoms with van der Waals surface area (Å²) in [4.78, 5) is 27.8.